The van der Waals surface area contributed by atoms with E-state index in [1.807, 2.05) is 6.07 Å². The summed E-state index contributed by atoms with van der Waals surface area (Å²) in [6.45, 7) is 0.633. The lowest BCUT2D eigenvalue weighted by Gasteiger charge is -2.48. The molecule has 6 nitrogen and oxygen atoms in total. The number of carbonyl (C=O) groups is 2. The molecule has 2 fully saturated rings. The molecule has 1 spiro atoms. The largest absolute Gasteiger partial charge is 0.437 e. The summed E-state index contributed by atoms with van der Waals surface area (Å²) in [5, 5.41) is 0. The monoisotopic (exact) mass is 401 g/mol. The number of likely N-dealkylation sites (tertiary alicyclic amines) is 1. The van der Waals surface area contributed by atoms with Gasteiger partial charge in [-0.15, -0.1) is 0 Å². The number of pyridine rings is 1. The van der Waals surface area contributed by atoms with Crippen LogP contribution >= 0.6 is 0 Å². The number of ether oxygens (including phenoxy) is 1. The van der Waals surface area contributed by atoms with Crippen molar-refractivity contribution in [2.45, 2.75) is 31.0 Å². The van der Waals surface area contributed by atoms with Gasteiger partial charge in [0, 0.05) is 31.2 Å². The number of carbonyl (C=O) groups excluding carboxylic acids is 2. The average molecular weight is 401 g/mol. The summed E-state index contributed by atoms with van der Waals surface area (Å²) in [5.41, 5.74) is 0.0345. The van der Waals surface area contributed by atoms with Gasteiger partial charge in [0.25, 0.3) is 0 Å². The van der Waals surface area contributed by atoms with Crippen molar-refractivity contribution in [3.05, 3.63) is 60.4 Å². The quantitative estimate of drug-likeness (QED) is 0.793. The first kappa shape index (κ1) is 19.4. The zero-order valence-electron chi connectivity index (χ0n) is 15.8. The number of halogens is 2. The molecule has 8 heteroatoms. The smallest absolute Gasteiger partial charge is 0.342 e. The second kappa shape index (κ2) is 7.51. The summed E-state index contributed by atoms with van der Waals surface area (Å²) in [7, 11) is 0. The van der Waals surface area contributed by atoms with Crippen molar-refractivity contribution in [2.75, 3.05) is 24.5 Å². The number of alkyl halides is 2. The molecule has 2 aliphatic heterocycles. The number of aromatic nitrogens is 1. The Labute approximate surface area is 167 Å². The van der Waals surface area contributed by atoms with Gasteiger partial charge in [-0.1, -0.05) is 24.3 Å². The van der Waals surface area contributed by atoms with Gasteiger partial charge in [-0.3, -0.25) is 14.6 Å². The lowest BCUT2D eigenvalue weighted by atomic mass is 9.88. The summed E-state index contributed by atoms with van der Waals surface area (Å²) in [6.07, 6.45) is 0.0644. The molecule has 0 aliphatic carbocycles. The maximum Gasteiger partial charge on any atom is 0.437 e. The van der Waals surface area contributed by atoms with Gasteiger partial charge in [-0.25, -0.2) is 0 Å². The number of anilines is 1. The van der Waals surface area contributed by atoms with Crippen LogP contribution in [0.5, 0.6) is 0 Å². The van der Waals surface area contributed by atoms with Gasteiger partial charge in [0.05, 0.1) is 18.6 Å². The third kappa shape index (κ3) is 3.98. The van der Waals surface area contributed by atoms with Crippen molar-refractivity contribution in [1.82, 2.24) is 9.88 Å². The van der Waals surface area contributed by atoms with Crippen LogP contribution in [0.25, 0.3) is 0 Å². The average Bonchev–Trinajstić information content (AvgIpc) is 2.72. The second-order valence-corrected chi connectivity index (χ2v) is 7.45. The zero-order valence-corrected chi connectivity index (χ0v) is 15.8. The minimum absolute atomic E-state index is 0.0378. The molecule has 0 unspecified atom stereocenters. The van der Waals surface area contributed by atoms with Gasteiger partial charge in [0.2, 0.25) is 5.91 Å². The summed E-state index contributed by atoms with van der Waals surface area (Å²) in [6, 6.07) is 12.0. The molecule has 1 aromatic heterocycles. The molecule has 0 bridgehead atoms. The van der Waals surface area contributed by atoms with Gasteiger partial charge in [-0.2, -0.15) is 8.78 Å². The Bertz CT molecular complexity index is 885. The Hall–Kier alpha value is -2.87. The van der Waals surface area contributed by atoms with E-state index in [4.69, 9.17) is 4.74 Å². The molecule has 0 saturated carbocycles. The normalized spacial score (nSPS) is 20.7. The zero-order chi connectivity index (χ0) is 20.5. The molecule has 29 heavy (non-hydrogen) atoms. The Morgan fingerprint density at radius 2 is 1.83 bits per heavy atom. The van der Waals surface area contributed by atoms with E-state index in [2.05, 4.69) is 4.98 Å². The number of nitrogens with zero attached hydrogens (tertiary/aromatic N) is 3. The lowest BCUT2D eigenvalue weighted by molar-refractivity contribution is -0.292. The highest BCUT2D eigenvalue weighted by atomic mass is 19.3. The van der Waals surface area contributed by atoms with Crippen molar-refractivity contribution in [3.63, 3.8) is 0 Å². The summed E-state index contributed by atoms with van der Waals surface area (Å²) < 4.78 is 33.9. The van der Waals surface area contributed by atoms with Crippen molar-refractivity contribution < 1.29 is 23.1 Å². The van der Waals surface area contributed by atoms with Crippen LogP contribution in [-0.4, -0.2) is 53.0 Å². The number of para-hydroxylation sites is 1. The van der Waals surface area contributed by atoms with E-state index in [9.17, 15) is 18.4 Å². The molecular weight excluding hydrogens is 380 g/mol. The first-order valence-corrected chi connectivity index (χ1v) is 9.50. The van der Waals surface area contributed by atoms with Crippen LogP contribution in [0.15, 0.2) is 54.9 Å². The highest BCUT2D eigenvalue weighted by Gasteiger charge is 2.57. The van der Waals surface area contributed by atoms with Gasteiger partial charge in [0.1, 0.15) is 0 Å². The highest BCUT2D eigenvalue weighted by Crippen LogP contribution is 2.40. The number of hydrogen-bond acceptors (Lipinski definition) is 4. The Kier molecular flexibility index (Phi) is 5.04. The topological polar surface area (TPSA) is 62.7 Å². The van der Waals surface area contributed by atoms with Crippen molar-refractivity contribution >= 4 is 17.5 Å². The molecule has 1 aromatic carbocycles. The minimum atomic E-state index is -3.89. The molecule has 0 atom stereocenters. The Morgan fingerprint density at radius 1 is 1.10 bits per heavy atom. The Balaban J connectivity index is 1.46. The van der Waals surface area contributed by atoms with Crippen LogP contribution < -0.4 is 4.90 Å². The minimum Gasteiger partial charge on any atom is -0.342 e. The molecule has 0 N–H and O–H groups in total. The van der Waals surface area contributed by atoms with Crippen LogP contribution in [0.4, 0.5) is 14.5 Å². The van der Waals surface area contributed by atoms with Gasteiger partial charge in [-0.05, 0) is 36.6 Å². The third-order valence-corrected chi connectivity index (χ3v) is 5.46. The van der Waals surface area contributed by atoms with Crippen LogP contribution in [0.1, 0.15) is 18.4 Å². The molecular formula is C21H21F2N3O3. The molecule has 2 saturated heterocycles. The fraction of sp³-hybridized carbons (Fsp3) is 0.381. The number of hydrogen-bond donors (Lipinski definition) is 0. The molecule has 3 heterocycles. The fourth-order valence-corrected chi connectivity index (χ4v) is 3.89. The van der Waals surface area contributed by atoms with Crippen molar-refractivity contribution in [1.29, 1.82) is 0 Å². The molecule has 2 amide bonds. The van der Waals surface area contributed by atoms with Crippen LogP contribution in [-0.2, 0) is 20.7 Å². The van der Waals surface area contributed by atoms with E-state index in [0.717, 1.165) is 10.5 Å². The maximum absolute atomic E-state index is 14.4. The van der Waals surface area contributed by atoms with E-state index in [-0.39, 0.29) is 31.7 Å². The van der Waals surface area contributed by atoms with Crippen LogP contribution in [0.3, 0.4) is 0 Å². The van der Waals surface area contributed by atoms with E-state index in [1.165, 1.54) is 0 Å². The summed E-state index contributed by atoms with van der Waals surface area (Å²) in [5.74, 6) is -1.43. The number of benzene rings is 1. The highest BCUT2D eigenvalue weighted by molar-refractivity contribution is 5.98. The van der Waals surface area contributed by atoms with Gasteiger partial charge in [0.15, 0.2) is 0 Å². The molecule has 2 aromatic rings. The molecule has 0 radical (unpaired) electrons. The van der Waals surface area contributed by atoms with Crippen LogP contribution in [0.2, 0.25) is 0 Å². The maximum atomic E-state index is 14.4. The van der Waals surface area contributed by atoms with Gasteiger partial charge >= 0.3 is 12.0 Å². The first-order valence-electron chi connectivity index (χ1n) is 9.50. The van der Waals surface area contributed by atoms with Crippen molar-refractivity contribution in [3.8, 4) is 0 Å². The molecule has 4 rings (SSSR count). The SMILES string of the molecule is O=C(Cc1cccnc1)N1CCC2(CC1)CN(c1ccccc1)C(=O)C(F)(F)O2. The van der Waals surface area contributed by atoms with E-state index in [1.54, 1.807) is 53.7 Å². The van der Waals surface area contributed by atoms with E-state index >= 15 is 0 Å². The molecule has 152 valence electrons. The number of rotatable bonds is 3. The fourth-order valence-electron chi connectivity index (χ4n) is 3.89. The number of morpholine rings is 1. The number of piperidine rings is 1. The molecule has 2 aliphatic rings. The third-order valence-electron chi connectivity index (χ3n) is 5.46. The summed E-state index contributed by atoms with van der Waals surface area (Å²) in [4.78, 5) is 31.5. The van der Waals surface area contributed by atoms with Crippen molar-refractivity contribution in [2.24, 2.45) is 0 Å². The predicted octanol–water partition coefficient (Wildman–Crippen LogP) is 2.64. The van der Waals surface area contributed by atoms with E-state index < -0.39 is 17.6 Å². The Morgan fingerprint density at radius 3 is 2.48 bits per heavy atom. The van der Waals surface area contributed by atoms with E-state index in [0.29, 0.717) is 18.8 Å². The number of amides is 2. The van der Waals surface area contributed by atoms with Crippen LogP contribution in [0, 0.1) is 0 Å². The summed E-state index contributed by atoms with van der Waals surface area (Å²) >= 11 is 0. The lowest BCUT2D eigenvalue weighted by Crippen LogP contribution is -2.65. The second-order valence-electron chi connectivity index (χ2n) is 7.45. The standard InChI is InChI=1S/C21H21F2N3O3/c22-21(23)19(28)26(17-6-2-1-3-7-17)15-20(29-21)8-11-25(12-9-20)18(27)13-16-5-4-10-24-14-16/h1-7,10,14H,8-9,11-13,15H2. The van der Waals surface area contributed by atoms with Gasteiger partial charge < -0.3 is 14.5 Å². The first-order chi connectivity index (χ1) is 13.9. The predicted molar refractivity (Wildman–Crippen MR) is 101 cm³/mol.